The summed E-state index contributed by atoms with van der Waals surface area (Å²) in [5.74, 6) is -0.424. The Morgan fingerprint density at radius 3 is 2.39 bits per heavy atom. The Bertz CT molecular complexity index is 589. The minimum atomic E-state index is -0.202. The van der Waals surface area contributed by atoms with Crippen LogP contribution in [-0.2, 0) is 15.0 Å². The van der Waals surface area contributed by atoms with Crippen LogP contribution in [0.3, 0.4) is 0 Å². The standard InChI is InChI=1S/C19H28N2O2/c1-6-12(2)20-17(22)13-11-14(13)18(23)21-16-10-8-7-9-15(16)19(3,4)5/h7-10,12-14H,6,11H2,1-5H3,(H,20,22)(H,21,23). The van der Waals surface area contributed by atoms with Crippen molar-refractivity contribution in [3.05, 3.63) is 29.8 Å². The molecular formula is C19H28N2O2. The number of carbonyl (C=O) groups is 2. The van der Waals surface area contributed by atoms with Gasteiger partial charge >= 0.3 is 0 Å². The summed E-state index contributed by atoms with van der Waals surface area (Å²) < 4.78 is 0. The number of benzene rings is 1. The van der Waals surface area contributed by atoms with E-state index in [1.165, 1.54) is 0 Å². The zero-order valence-electron chi connectivity index (χ0n) is 14.8. The van der Waals surface area contributed by atoms with Crippen LogP contribution in [0, 0.1) is 11.8 Å². The van der Waals surface area contributed by atoms with E-state index in [1.54, 1.807) is 0 Å². The van der Waals surface area contributed by atoms with E-state index in [1.807, 2.05) is 38.1 Å². The number of carbonyl (C=O) groups excluding carboxylic acids is 2. The molecule has 1 aliphatic rings. The second-order valence-corrected chi connectivity index (χ2v) is 7.55. The highest BCUT2D eigenvalue weighted by Gasteiger charge is 2.48. The van der Waals surface area contributed by atoms with Gasteiger partial charge in [0.05, 0.1) is 11.8 Å². The third-order valence-electron chi connectivity index (χ3n) is 4.46. The van der Waals surface area contributed by atoms with Crippen LogP contribution < -0.4 is 10.6 Å². The van der Waals surface area contributed by atoms with E-state index in [0.29, 0.717) is 6.42 Å². The van der Waals surface area contributed by atoms with Crippen LogP contribution in [0.15, 0.2) is 24.3 Å². The predicted molar refractivity (Wildman–Crippen MR) is 93.3 cm³/mol. The molecule has 3 unspecified atom stereocenters. The van der Waals surface area contributed by atoms with E-state index < -0.39 is 0 Å². The van der Waals surface area contributed by atoms with Gasteiger partial charge in [-0.15, -0.1) is 0 Å². The number of para-hydroxylation sites is 1. The van der Waals surface area contributed by atoms with Crippen molar-refractivity contribution in [3.63, 3.8) is 0 Å². The highest BCUT2D eigenvalue weighted by molar-refractivity contribution is 6.00. The fourth-order valence-corrected chi connectivity index (χ4v) is 2.70. The summed E-state index contributed by atoms with van der Waals surface area (Å²) in [5, 5.41) is 5.97. The van der Waals surface area contributed by atoms with Crippen LogP contribution in [-0.4, -0.2) is 17.9 Å². The molecule has 4 nitrogen and oxygen atoms in total. The van der Waals surface area contributed by atoms with Gasteiger partial charge in [-0.1, -0.05) is 45.9 Å². The molecule has 126 valence electrons. The second-order valence-electron chi connectivity index (χ2n) is 7.55. The number of amides is 2. The zero-order chi connectivity index (χ0) is 17.2. The van der Waals surface area contributed by atoms with Gasteiger partial charge in [-0.05, 0) is 36.8 Å². The van der Waals surface area contributed by atoms with Crippen LogP contribution in [0.2, 0.25) is 0 Å². The molecular weight excluding hydrogens is 288 g/mol. The lowest BCUT2D eigenvalue weighted by molar-refractivity contribution is -0.125. The minimum absolute atomic E-state index is 0.00334. The molecule has 23 heavy (non-hydrogen) atoms. The van der Waals surface area contributed by atoms with Crippen molar-refractivity contribution < 1.29 is 9.59 Å². The van der Waals surface area contributed by atoms with Crippen LogP contribution >= 0.6 is 0 Å². The molecule has 0 heterocycles. The van der Waals surface area contributed by atoms with Crippen molar-refractivity contribution in [1.82, 2.24) is 5.32 Å². The molecule has 1 saturated carbocycles. The molecule has 0 radical (unpaired) electrons. The first-order chi connectivity index (χ1) is 10.7. The molecule has 1 aromatic carbocycles. The van der Waals surface area contributed by atoms with Gasteiger partial charge in [0.15, 0.2) is 0 Å². The summed E-state index contributed by atoms with van der Waals surface area (Å²) in [7, 11) is 0. The topological polar surface area (TPSA) is 58.2 Å². The fourth-order valence-electron chi connectivity index (χ4n) is 2.70. The van der Waals surface area contributed by atoms with E-state index in [9.17, 15) is 9.59 Å². The SMILES string of the molecule is CCC(C)NC(=O)C1CC1C(=O)Nc1ccccc1C(C)(C)C. The van der Waals surface area contributed by atoms with Crippen molar-refractivity contribution in [2.75, 3.05) is 5.32 Å². The Morgan fingerprint density at radius 1 is 1.17 bits per heavy atom. The average molecular weight is 316 g/mol. The Balaban J connectivity index is 1.99. The lowest BCUT2D eigenvalue weighted by Crippen LogP contribution is -2.34. The zero-order valence-corrected chi connectivity index (χ0v) is 14.8. The molecule has 0 saturated heterocycles. The predicted octanol–water partition coefficient (Wildman–Crippen LogP) is 3.47. The molecule has 2 amide bonds. The summed E-state index contributed by atoms with van der Waals surface area (Å²) >= 11 is 0. The van der Waals surface area contributed by atoms with Crippen LogP contribution in [0.5, 0.6) is 0 Å². The fraction of sp³-hybridized carbons (Fsp3) is 0.579. The molecule has 0 aliphatic heterocycles. The van der Waals surface area contributed by atoms with E-state index >= 15 is 0 Å². The van der Waals surface area contributed by atoms with Gasteiger partial charge in [-0.2, -0.15) is 0 Å². The molecule has 0 spiro atoms. The van der Waals surface area contributed by atoms with Gasteiger partial charge in [0, 0.05) is 11.7 Å². The molecule has 4 heteroatoms. The van der Waals surface area contributed by atoms with Gasteiger partial charge in [0.2, 0.25) is 11.8 Å². The third kappa shape index (κ3) is 4.34. The number of anilines is 1. The second kappa shape index (κ2) is 6.73. The lowest BCUT2D eigenvalue weighted by Gasteiger charge is -2.23. The normalized spacial score (nSPS) is 21.4. The van der Waals surface area contributed by atoms with Crippen molar-refractivity contribution in [3.8, 4) is 0 Å². The summed E-state index contributed by atoms with van der Waals surface area (Å²) in [6.45, 7) is 10.4. The monoisotopic (exact) mass is 316 g/mol. The van der Waals surface area contributed by atoms with Gasteiger partial charge in [-0.25, -0.2) is 0 Å². The first kappa shape index (κ1) is 17.5. The largest absolute Gasteiger partial charge is 0.353 e. The first-order valence-electron chi connectivity index (χ1n) is 8.44. The van der Waals surface area contributed by atoms with Crippen molar-refractivity contribution in [2.45, 2.75) is 58.9 Å². The molecule has 0 bridgehead atoms. The summed E-state index contributed by atoms with van der Waals surface area (Å²) in [6.07, 6.45) is 1.54. The number of nitrogens with one attached hydrogen (secondary N) is 2. The van der Waals surface area contributed by atoms with Crippen molar-refractivity contribution in [1.29, 1.82) is 0 Å². The maximum atomic E-state index is 12.4. The smallest absolute Gasteiger partial charge is 0.228 e. The molecule has 2 rings (SSSR count). The first-order valence-corrected chi connectivity index (χ1v) is 8.44. The summed E-state index contributed by atoms with van der Waals surface area (Å²) in [4.78, 5) is 24.5. The Kier molecular flexibility index (Phi) is 5.12. The van der Waals surface area contributed by atoms with Crippen molar-refractivity contribution in [2.24, 2.45) is 11.8 Å². The molecule has 0 aromatic heterocycles. The molecule has 1 aliphatic carbocycles. The summed E-state index contributed by atoms with van der Waals surface area (Å²) in [5.41, 5.74) is 1.91. The maximum Gasteiger partial charge on any atom is 0.228 e. The Morgan fingerprint density at radius 2 is 1.78 bits per heavy atom. The van der Waals surface area contributed by atoms with Crippen LogP contribution in [0.1, 0.15) is 53.0 Å². The number of hydrogen-bond acceptors (Lipinski definition) is 2. The van der Waals surface area contributed by atoms with Gasteiger partial charge < -0.3 is 10.6 Å². The highest BCUT2D eigenvalue weighted by atomic mass is 16.2. The number of hydrogen-bond donors (Lipinski definition) is 2. The molecule has 2 N–H and O–H groups in total. The maximum absolute atomic E-state index is 12.4. The quantitative estimate of drug-likeness (QED) is 0.874. The van der Waals surface area contributed by atoms with Gasteiger partial charge in [0.25, 0.3) is 0 Å². The highest BCUT2D eigenvalue weighted by Crippen LogP contribution is 2.40. The number of rotatable bonds is 5. The Labute approximate surface area is 139 Å². The molecule has 1 fully saturated rings. The molecule has 1 aromatic rings. The lowest BCUT2D eigenvalue weighted by atomic mass is 9.86. The van der Waals surface area contributed by atoms with Crippen molar-refractivity contribution >= 4 is 17.5 Å². The summed E-state index contributed by atoms with van der Waals surface area (Å²) in [6, 6.07) is 8.03. The van der Waals surface area contributed by atoms with E-state index in [-0.39, 0.29) is 35.1 Å². The van der Waals surface area contributed by atoms with Gasteiger partial charge in [-0.3, -0.25) is 9.59 Å². The van der Waals surface area contributed by atoms with E-state index in [0.717, 1.165) is 17.7 Å². The van der Waals surface area contributed by atoms with Gasteiger partial charge in [0.1, 0.15) is 0 Å². The third-order valence-corrected chi connectivity index (χ3v) is 4.46. The van der Waals surface area contributed by atoms with E-state index in [2.05, 4.69) is 31.4 Å². The van der Waals surface area contributed by atoms with E-state index in [4.69, 9.17) is 0 Å². The van der Waals surface area contributed by atoms with Crippen LogP contribution in [0.25, 0.3) is 0 Å². The van der Waals surface area contributed by atoms with Crippen LogP contribution in [0.4, 0.5) is 5.69 Å². The Hall–Kier alpha value is -1.84. The average Bonchev–Trinajstić information content (AvgIpc) is 3.27. The minimum Gasteiger partial charge on any atom is -0.353 e. The molecule has 3 atom stereocenters.